The first-order valence-corrected chi connectivity index (χ1v) is 12.2. The van der Waals surface area contributed by atoms with Gasteiger partial charge in [0.05, 0.1) is 12.5 Å². The van der Waals surface area contributed by atoms with E-state index < -0.39 is 0 Å². The Labute approximate surface area is 176 Å². The van der Waals surface area contributed by atoms with Crippen LogP contribution in [0, 0.1) is 17.3 Å². The lowest BCUT2D eigenvalue weighted by atomic mass is 9.59. The van der Waals surface area contributed by atoms with Crippen molar-refractivity contribution in [2.45, 2.75) is 77.5 Å². The maximum absolute atomic E-state index is 12.8. The molecule has 29 heavy (non-hydrogen) atoms. The molecule has 4 fully saturated rings. The molecule has 5 rings (SSSR count). The van der Waals surface area contributed by atoms with Crippen molar-refractivity contribution in [3.05, 3.63) is 11.1 Å². The van der Waals surface area contributed by atoms with Crippen molar-refractivity contribution in [2.24, 2.45) is 17.3 Å². The van der Waals surface area contributed by atoms with E-state index in [0.29, 0.717) is 12.1 Å². The van der Waals surface area contributed by atoms with Crippen molar-refractivity contribution < 1.29 is 14.8 Å². The van der Waals surface area contributed by atoms with Crippen molar-refractivity contribution in [3.63, 3.8) is 0 Å². The second kappa shape index (κ2) is 7.97. The summed E-state index contributed by atoms with van der Waals surface area (Å²) in [5.74, 6) is 0.575. The quantitative estimate of drug-likeness (QED) is 0.580. The van der Waals surface area contributed by atoms with Crippen LogP contribution in [0.2, 0.25) is 0 Å². The first kappa shape index (κ1) is 20.0. The average molecular weight is 403 g/mol. The summed E-state index contributed by atoms with van der Waals surface area (Å²) in [6, 6.07) is 0. The van der Waals surface area contributed by atoms with Crippen LogP contribution in [-0.4, -0.2) is 67.3 Å². The number of carbonyl (C=O) groups is 1. The van der Waals surface area contributed by atoms with Crippen LogP contribution in [0.1, 0.15) is 65.2 Å². The predicted octanol–water partition coefficient (Wildman–Crippen LogP) is 2.14. The Morgan fingerprint density at radius 3 is 2.76 bits per heavy atom. The third-order valence-corrected chi connectivity index (χ3v) is 8.90. The maximum Gasteiger partial charge on any atom is 0.310 e. The average Bonchev–Trinajstić information content (AvgIpc) is 3.01. The van der Waals surface area contributed by atoms with E-state index in [2.05, 4.69) is 29.0 Å². The molecule has 0 aromatic rings. The SMILES string of the molecule is CC1=C2CC3C(CC2(C)CCC1)OC(=O)C3CN1CCN(C2CCCC[NH2+]2)CC1. The summed E-state index contributed by atoms with van der Waals surface area (Å²) >= 11 is 0. The van der Waals surface area contributed by atoms with Gasteiger partial charge in [-0.2, -0.15) is 0 Å². The number of nitrogens with two attached hydrogens (primary N) is 1. The topological polar surface area (TPSA) is 49.4 Å². The second-order valence-corrected chi connectivity index (χ2v) is 10.8. The molecule has 0 aromatic carbocycles. The van der Waals surface area contributed by atoms with Gasteiger partial charge < -0.3 is 10.1 Å². The van der Waals surface area contributed by atoms with Gasteiger partial charge in [0.15, 0.2) is 0 Å². The van der Waals surface area contributed by atoms with E-state index >= 15 is 0 Å². The third-order valence-electron chi connectivity index (χ3n) is 8.90. The first-order chi connectivity index (χ1) is 14.0. The number of allylic oxidation sites excluding steroid dienone is 2. The highest BCUT2D eigenvalue weighted by atomic mass is 16.6. The maximum atomic E-state index is 12.8. The van der Waals surface area contributed by atoms with Crippen LogP contribution in [-0.2, 0) is 9.53 Å². The molecule has 1 saturated carbocycles. The van der Waals surface area contributed by atoms with Gasteiger partial charge >= 0.3 is 5.97 Å². The van der Waals surface area contributed by atoms with Crippen molar-refractivity contribution in [2.75, 3.05) is 39.3 Å². The predicted molar refractivity (Wildman–Crippen MR) is 113 cm³/mol. The fourth-order valence-electron chi connectivity index (χ4n) is 7.13. The zero-order valence-corrected chi connectivity index (χ0v) is 18.5. The number of rotatable bonds is 3. The minimum atomic E-state index is 0.0829. The molecule has 3 saturated heterocycles. The molecule has 5 atom stereocenters. The molecule has 5 heteroatoms. The second-order valence-electron chi connectivity index (χ2n) is 10.8. The number of nitrogens with zero attached hydrogens (tertiary/aromatic N) is 2. The monoisotopic (exact) mass is 402 g/mol. The Morgan fingerprint density at radius 2 is 2.00 bits per heavy atom. The molecule has 5 nitrogen and oxygen atoms in total. The lowest BCUT2D eigenvalue weighted by Gasteiger charge is -2.46. The summed E-state index contributed by atoms with van der Waals surface area (Å²) in [5.41, 5.74) is 3.56. The van der Waals surface area contributed by atoms with E-state index in [1.54, 1.807) is 11.1 Å². The number of piperazine rings is 1. The zero-order chi connectivity index (χ0) is 20.0. The molecule has 0 spiro atoms. The molecule has 0 aromatic heterocycles. The summed E-state index contributed by atoms with van der Waals surface area (Å²) in [6.07, 6.45) is 10.9. The summed E-state index contributed by atoms with van der Waals surface area (Å²) in [5, 5.41) is 2.54. The minimum Gasteiger partial charge on any atom is -0.462 e. The van der Waals surface area contributed by atoms with E-state index in [1.165, 1.54) is 45.1 Å². The number of quaternary nitrogens is 1. The van der Waals surface area contributed by atoms with E-state index in [-0.39, 0.29) is 23.4 Å². The highest BCUT2D eigenvalue weighted by Crippen LogP contribution is 2.55. The number of ether oxygens (including phenoxy) is 1. The smallest absolute Gasteiger partial charge is 0.310 e. The van der Waals surface area contributed by atoms with Crippen LogP contribution in [0.3, 0.4) is 0 Å². The molecule has 5 aliphatic rings. The highest BCUT2D eigenvalue weighted by Gasteiger charge is 2.53. The van der Waals surface area contributed by atoms with Gasteiger partial charge in [-0.25, -0.2) is 0 Å². The van der Waals surface area contributed by atoms with Crippen molar-refractivity contribution >= 4 is 5.97 Å². The molecule has 162 valence electrons. The number of hydrogen-bond acceptors (Lipinski definition) is 4. The third kappa shape index (κ3) is 3.79. The lowest BCUT2D eigenvalue weighted by molar-refractivity contribution is -0.717. The van der Waals surface area contributed by atoms with Crippen LogP contribution < -0.4 is 5.32 Å². The van der Waals surface area contributed by atoms with E-state index in [0.717, 1.165) is 45.6 Å². The van der Waals surface area contributed by atoms with Gasteiger partial charge in [0.1, 0.15) is 12.3 Å². The molecular formula is C24H40N3O2+. The Bertz CT molecular complexity index is 663. The molecule has 3 aliphatic heterocycles. The molecule has 2 aliphatic carbocycles. The summed E-state index contributed by atoms with van der Waals surface area (Å²) in [7, 11) is 0. The van der Waals surface area contributed by atoms with Gasteiger partial charge in [0, 0.05) is 45.1 Å². The van der Waals surface area contributed by atoms with Crippen LogP contribution in [0.4, 0.5) is 0 Å². The van der Waals surface area contributed by atoms with Gasteiger partial charge in [0.25, 0.3) is 0 Å². The van der Waals surface area contributed by atoms with Gasteiger partial charge in [-0.05, 0) is 57.3 Å². The first-order valence-electron chi connectivity index (χ1n) is 12.2. The van der Waals surface area contributed by atoms with Crippen LogP contribution in [0.25, 0.3) is 0 Å². The highest BCUT2D eigenvalue weighted by molar-refractivity contribution is 5.76. The lowest BCUT2D eigenvalue weighted by Crippen LogP contribution is -2.95. The Balaban J connectivity index is 1.21. The number of piperidine rings is 1. The summed E-state index contributed by atoms with van der Waals surface area (Å²) in [6.45, 7) is 11.5. The van der Waals surface area contributed by atoms with Crippen molar-refractivity contribution in [3.8, 4) is 0 Å². The van der Waals surface area contributed by atoms with E-state index in [9.17, 15) is 4.79 Å². The summed E-state index contributed by atoms with van der Waals surface area (Å²) < 4.78 is 5.98. The van der Waals surface area contributed by atoms with Crippen molar-refractivity contribution in [1.29, 1.82) is 0 Å². The number of carbonyl (C=O) groups excluding carboxylic acids is 1. The molecule has 2 N–H and O–H groups in total. The molecule has 0 amide bonds. The van der Waals surface area contributed by atoms with Crippen molar-refractivity contribution in [1.82, 2.24) is 9.80 Å². The fourth-order valence-corrected chi connectivity index (χ4v) is 7.13. The molecule has 3 heterocycles. The Hall–Kier alpha value is -0.910. The normalized spacial score (nSPS) is 41.8. The van der Waals surface area contributed by atoms with E-state index in [4.69, 9.17) is 4.74 Å². The van der Waals surface area contributed by atoms with Gasteiger partial charge in [-0.1, -0.05) is 18.1 Å². The minimum absolute atomic E-state index is 0.0829. The molecule has 0 radical (unpaired) electrons. The molecule has 0 bridgehead atoms. The molecule has 5 unspecified atom stereocenters. The zero-order valence-electron chi connectivity index (χ0n) is 18.5. The Kier molecular flexibility index (Phi) is 5.50. The molecular weight excluding hydrogens is 362 g/mol. The van der Waals surface area contributed by atoms with Gasteiger partial charge in [-0.15, -0.1) is 0 Å². The van der Waals surface area contributed by atoms with Gasteiger partial charge in [0.2, 0.25) is 0 Å². The largest absolute Gasteiger partial charge is 0.462 e. The number of esters is 1. The fraction of sp³-hybridized carbons (Fsp3) is 0.875. The van der Waals surface area contributed by atoms with Crippen LogP contribution in [0.5, 0.6) is 0 Å². The summed E-state index contributed by atoms with van der Waals surface area (Å²) in [4.78, 5) is 18.1. The van der Waals surface area contributed by atoms with Crippen LogP contribution in [0.15, 0.2) is 11.1 Å². The van der Waals surface area contributed by atoms with Gasteiger partial charge in [-0.3, -0.25) is 14.6 Å². The Morgan fingerprint density at radius 1 is 1.17 bits per heavy atom. The van der Waals surface area contributed by atoms with E-state index in [1.807, 2.05) is 0 Å². The van der Waals surface area contributed by atoms with Crippen LogP contribution >= 0.6 is 0 Å². The number of hydrogen-bond donors (Lipinski definition) is 1. The number of fused-ring (bicyclic) bond motifs is 2. The standard InChI is InChI=1S/C24H39N3O2/c1-17-6-5-8-24(2)15-21-18(14-20(17)24)19(23(28)29-21)16-26-10-12-27(13-11-26)22-7-3-4-9-25-22/h18-19,21-22,25H,3-16H2,1-2H3/p+1.